The van der Waals surface area contributed by atoms with Crippen LogP contribution >= 0.6 is 12.6 Å². The highest BCUT2D eigenvalue weighted by Crippen LogP contribution is 2.13. The van der Waals surface area contributed by atoms with Crippen LogP contribution in [0.3, 0.4) is 0 Å². The lowest BCUT2D eigenvalue weighted by molar-refractivity contribution is -0.122. The predicted molar refractivity (Wildman–Crippen MR) is 70.9 cm³/mol. The van der Waals surface area contributed by atoms with Crippen molar-refractivity contribution in [3.05, 3.63) is 0 Å². The quantitative estimate of drug-likeness (QED) is 0.504. The van der Waals surface area contributed by atoms with Gasteiger partial charge in [0.25, 0.3) is 10.1 Å². The van der Waals surface area contributed by atoms with Gasteiger partial charge in [0, 0.05) is 0 Å². The van der Waals surface area contributed by atoms with Crippen molar-refractivity contribution in [3.63, 3.8) is 0 Å². The van der Waals surface area contributed by atoms with Gasteiger partial charge in [-0.05, 0) is 26.2 Å². The Morgan fingerprint density at radius 2 is 1.88 bits per heavy atom. The van der Waals surface area contributed by atoms with E-state index in [1.165, 1.54) is 13.8 Å². The fourth-order valence-corrected chi connectivity index (χ4v) is 2.93. The molecule has 2 N–H and O–H groups in total. The topological polar surface area (TPSA) is 83.5 Å². The second-order valence-electron chi connectivity index (χ2n) is 5.24. The molecule has 0 aliphatic heterocycles. The molecule has 1 unspecified atom stereocenters. The van der Waals surface area contributed by atoms with Crippen LogP contribution in [0.4, 0.5) is 0 Å². The number of rotatable bonds is 6. The van der Waals surface area contributed by atoms with Crippen LogP contribution in [0, 0.1) is 5.92 Å². The molecule has 0 aromatic rings. The van der Waals surface area contributed by atoms with Crippen LogP contribution in [-0.2, 0) is 14.9 Å². The Bertz CT molecular complexity index is 363. The van der Waals surface area contributed by atoms with Gasteiger partial charge in [-0.1, -0.05) is 13.8 Å². The minimum atomic E-state index is -4.12. The predicted octanol–water partition coefficient (Wildman–Crippen LogP) is 1.11. The van der Waals surface area contributed by atoms with Crippen molar-refractivity contribution < 1.29 is 17.8 Å². The van der Waals surface area contributed by atoms with E-state index < -0.39 is 26.7 Å². The van der Waals surface area contributed by atoms with E-state index in [0.717, 1.165) is 0 Å². The Labute approximate surface area is 109 Å². The van der Waals surface area contributed by atoms with E-state index >= 15 is 0 Å². The largest absolute Gasteiger partial charge is 0.349 e. The number of carbonyl (C=O) groups excluding carboxylic acids is 1. The third-order valence-corrected chi connectivity index (χ3v) is 3.53. The van der Waals surface area contributed by atoms with Gasteiger partial charge in [0.2, 0.25) is 5.91 Å². The fraction of sp³-hybridized carbons (Fsp3) is 0.900. The summed E-state index contributed by atoms with van der Waals surface area (Å²) in [5, 5.41) is 2.09. The van der Waals surface area contributed by atoms with Crippen molar-refractivity contribution in [2.24, 2.45) is 5.92 Å². The molecule has 0 rings (SSSR count). The van der Waals surface area contributed by atoms with Gasteiger partial charge >= 0.3 is 0 Å². The zero-order chi connectivity index (χ0) is 13.9. The average Bonchev–Trinajstić information content (AvgIpc) is 1.95. The summed E-state index contributed by atoms with van der Waals surface area (Å²) in [6, 6.07) is 0. The Hall–Kier alpha value is -0.270. The lowest BCUT2D eigenvalue weighted by atomic mass is 10.1. The van der Waals surface area contributed by atoms with E-state index in [-0.39, 0.29) is 5.91 Å². The third-order valence-electron chi connectivity index (χ3n) is 2.00. The summed E-state index contributed by atoms with van der Waals surface area (Å²) in [6.07, 6.45) is 0.608. The van der Waals surface area contributed by atoms with Crippen LogP contribution in [0.1, 0.15) is 34.1 Å². The van der Waals surface area contributed by atoms with Crippen LogP contribution < -0.4 is 5.32 Å². The first-order valence-corrected chi connectivity index (χ1v) is 7.51. The van der Waals surface area contributed by atoms with Crippen molar-refractivity contribution in [1.82, 2.24) is 5.32 Å². The monoisotopic (exact) mass is 283 g/mol. The highest BCUT2D eigenvalue weighted by atomic mass is 32.2. The third kappa shape index (κ3) is 8.45. The molecule has 0 bridgehead atoms. The summed E-state index contributed by atoms with van der Waals surface area (Å²) in [5.41, 5.74) is -1.01. The number of carbonyl (C=O) groups is 1. The summed E-state index contributed by atoms with van der Waals surface area (Å²) in [5.74, 6) is -0.517. The molecule has 0 heterocycles. The maximum Gasteiger partial charge on any atom is 0.267 e. The second kappa shape index (κ2) is 6.06. The molecule has 0 saturated heterocycles. The van der Waals surface area contributed by atoms with Gasteiger partial charge in [0.05, 0.1) is 16.5 Å². The van der Waals surface area contributed by atoms with Crippen LogP contribution in [-0.4, -0.2) is 35.4 Å². The van der Waals surface area contributed by atoms with Crippen molar-refractivity contribution >= 4 is 28.7 Å². The lowest BCUT2D eigenvalue weighted by Gasteiger charge is -2.26. The molecular weight excluding hydrogens is 262 g/mol. The molecule has 0 radical (unpaired) electrons. The van der Waals surface area contributed by atoms with Crippen LogP contribution in [0.15, 0.2) is 0 Å². The first kappa shape index (κ1) is 16.7. The molecule has 5 nitrogen and oxygen atoms in total. The van der Waals surface area contributed by atoms with Crippen LogP contribution in [0.5, 0.6) is 0 Å². The minimum absolute atomic E-state index is 0.323. The van der Waals surface area contributed by atoms with Crippen molar-refractivity contribution in [1.29, 1.82) is 0 Å². The van der Waals surface area contributed by atoms with E-state index in [2.05, 4.69) is 17.9 Å². The summed E-state index contributed by atoms with van der Waals surface area (Å²) < 4.78 is 30.3. The van der Waals surface area contributed by atoms with Gasteiger partial charge < -0.3 is 5.32 Å². The summed E-state index contributed by atoms with van der Waals surface area (Å²) in [6.45, 7) is 7.02. The van der Waals surface area contributed by atoms with Crippen molar-refractivity contribution in [3.8, 4) is 0 Å². The molecule has 0 spiro atoms. The lowest BCUT2D eigenvalue weighted by Crippen LogP contribution is -2.50. The maximum atomic E-state index is 11.7. The number of thiol groups is 1. The Morgan fingerprint density at radius 1 is 1.41 bits per heavy atom. The number of hydrogen-bond donors (Lipinski definition) is 3. The average molecular weight is 283 g/mol. The highest BCUT2D eigenvalue weighted by molar-refractivity contribution is 7.85. The molecule has 0 aromatic heterocycles. The molecule has 1 amide bonds. The molecular formula is C10H21NO4S2. The zero-order valence-electron chi connectivity index (χ0n) is 10.6. The Morgan fingerprint density at radius 3 is 2.24 bits per heavy atom. The van der Waals surface area contributed by atoms with Crippen molar-refractivity contribution in [2.75, 3.05) is 5.75 Å². The molecule has 0 saturated carbocycles. The molecule has 17 heavy (non-hydrogen) atoms. The standard InChI is InChI=1S/C10H21NO4S2/c1-7(2)5-8(16)9(12)11-10(3,4)6-17(13,14)15/h7-8,16H,5-6H2,1-4H3,(H,11,12)(H,13,14,15). The van der Waals surface area contributed by atoms with Gasteiger partial charge in [0.1, 0.15) is 0 Å². The molecule has 7 heteroatoms. The van der Waals surface area contributed by atoms with E-state index in [0.29, 0.717) is 12.3 Å². The van der Waals surface area contributed by atoms with E-state index in [9.17, 15) is 13.2 Å². The van der Waals surface area contributed by atoms with Gasteiger partial charge in [0.15, 0.2) is 0 Å². The summed E-state index contributed by atoms with van der Waals surface area (Å²) in [7, 11) is -4.12. The molecule has 1 atom stereocenters. The SMILES string of the molecule is CC(C)CC(S)C(=O)NC(C)(C)CS(=O)(=O)O. The van der Waals surface area contributed by atoms with Crippen molar-refractivity contribution in [2.45, 2.75) is 44.9 Å². The number of amides is 1. The van der Waals surface area contributed by atoms with Crippen LogP contribution in [0.2, 0.25) is 0 Å². The molecule has 0 aromatic carbocycles. The van der Waals surface area contributed by atoms with E-state index in [1.807, 2.05) is 13.8 Å². The maximum absolute atomic E-state index is 11.7. The summed E-state index contributed by atoms with van der Waals surface area (Å²) >= 11 is 4.16. The molecule has 0 fully saturated rings. The first-order chi connectivity index (χ1) is 7.43. The Kier molecular flexibility index (Phi) is 5.96. The molecule has 0 aliphatic rings. The highest BCUT2D eigenvalue weighted by Gasteiger charge is 2.28. The Balaban J connectivity index is 4.46. The fourth-order valence-electron chi connectivity index (χ4n) is 1.46. The van der Waals surface area contributed by atoms with Gasteiger partial charge in [-0.3, -0.25) is 9.35 Å². The number of hydrogen-bond acceptors (Lipinski definition) is 4. The molecule has 0 aliphatic carbocycles. The normalized spacial score (nSPS) is 14.8. The van der Waals surface area contributed by atoms with Gasteiger partial charge in [-0.2, -0.15) is 21.0 Å². The van der Waals surface area contributed by atoms with E-state index in [1.54, 1.807) is 0 Å². The van der Waals surface area contributed by atoms with Crippen LogP contribution in [0.25, 0.3) is 0 Å². The smallest absolute Gasteiger partial charge is 0.267 e. The first-order valence-electron chi connectivity index (χ1n) is 5.38. The molecule has 102 valence electrons. The zero-order valence-corrected chi connectivity index (χ0v) is 12.3. The minimum Gasteiger partial charge on any atom is -0.349 e. The van der Waals surface area contributed by atoms with Gasteiger partial charge in [-0.25, -0.2) is 0 Å². The van der Waals surface area contributed by atoms with E-state index in [4.69, 9.17) is 4.55 Å². The summed E-state index contributed by atoms with van der Waals surface area (Å²) in [4.78, 5) is 11.7. The second-order valence-corrected chi connectivity index (χ2v) is 7.32. The van der Waals surface area contributed by atoms with Gasteiger partial charge in [-0.15, -0.1) is 0 Å². The number of nitrogens with one attached hydrogen (secondary N) is 1.